The van der Waals surface area contributed by atoms with Crippen LogP contribution in [0.25, 0.3) is 0 Å². The minimum absolute atomic E-state index is 0.127. The maximum Gasteiger partial charge on any atom is 0.245 e. The molecular weight excluding hydrogens is 779 g/mol. The molecule has 320 valence electrons. The molecule has 2 aliphatic carbocycles. The van der Waals surface area contributed by atoms with Crippen molar-refractivity contribution in [3.63, 3.8) is 0 Å². The van der Waals surface area contributed by atoms with E-state index in [9.17, 15) is 18.4 Å². The normalized spacial score (nSPS) is 27.2. The van der Waals surface area contributed by atoms with Gasteiger partial charge in [-0.2, -0.15) is 0 Å². The molecule has 6 aliphatic rings. The largest absolute Gasteiger partial charge is 0.760 e. The topological polar surface area (TPSA) is 90.5 Å². The molecular formula is C51H60N5O4S-. The maximum atomic E-state index is 14.1. The quantitative estimate of drug-likeness (QED) is 0.123. The van der Waals surface area contributed by atoms with E-state index in [1.54, 1.807) is 0 Å². The van der Waals surface area contributed by atoms with Gasteiger partial charge in [-0.05, 0) is 161 Å². The fourth-order valence-corrected chi connectivity index (χ4v) is 12.5. The third kappa shape index (κ3) is 8.27. The first-order valence-corrected chi connectivity index (χ1v) is 24.2. The van der Waals surface area contributed by atoms with Gasteiger partial charge < -0.3 is 14.4 Å². The Morgan fingerprint density at radius 2 is 1.11 bits per heavy atom. The standard InChI is InChI=1S/C51H61N5O4S/c57-50-40(23-30-54(50)41-19-15-38-17-21-47(52-25-8-26-52)45(43(38)34-41)32-36-10-3-1-4-11-36)14-7-29-56(61(59)60)49-24-31-55(51(49)58)42-20-16-39-18-22-48(53-27-9-28-53)46(44(39)35-42)33-37-12-5-2-6-13-37/h1-6,10-13,15-16,19-20,34-35,40,45-49H,7-9,14,17-18,21-33H2,(H,59,60)/p-1/t40?,45-,46-,47-,48-,49?/m0/s1. The van der Waals surface area contributed by atoms with E-state index >= 15 is 0 Å². The van der Waals surface area contributed by atoms with Crippen LogP contribution in [-0.4, -0.2) is 98.6 Å². The lowest BCUT2D eigenvalue weighted by Gasteiger charge is -2.45. The van der Waals surface area contributed by atoms with Crippen LogP contribution in [0.3, 0.4) is 0 Å². The van der Waals surface area contributed by atoms with Crippen LogP contribution in [0.1, 0.15) is 96.6 Å². The van der Waals surface area contributed by atoms with Gasteiger partial charge in [-0.1, -0.05) is 72.8 Å². The summed E-state index contributed by atoms with van der Waals surface area (Å²) in [5, 5.41) is 0. The molecule has 0 bridgehead atoms. The van der Waals surface area contributed by atoms with E-state index in [4.69, 9.17) is 0 Å². The van der Waals surface area contributed by atoms with Crippen LogP contribution in [0.2, 0.25) is 0 Å². The van der Waals surface area contributed by atoms with E-state index in [0.29, 0.717) is 56.3 Å². The molecule has 4 heterocycles. The van der Waals surface area contributed by atoms with E-state index in [-0.39, 0.29) is 24.3 Å². The molecule has 0 saturated carbocycles. The number of carbonyl (C=O) groups excluding carboxylic acids is 2. The average Bonchev–Trinajstić information content (AvgIpc) is 3.81. The Balaban J connectivity index is 0.792. The van der Waals surface area contributed by atoms with Gasteiger partial charge in [0.25, 0.3) is 0 Å². The van der Waals surface area contributed by atoms with Gasteiger partial charge in [-0.3, -0.25) is 23.6 Å². The van der Waals surface area contributed by atoms with Crippen LogP contribution < -0.4 is 9.80 Å². The molecule has 0 N–H and O–H groups in total. The lowest BCUT2D eigenvalue weighted by molar-refractivity contribution is -0.121. The van der Waals surface area contributed by atoms with Crippen molar-refractivity contribution >= 4 is 34.5 Å². The van der Waals surface area contributed by atoms with Crippen LogP contribution in [0.4, 0.5) is 11.4 Å². The zero-order chi connectivity index (χ0) is 41.5. The predicted octanol–water partition coefficient (Wildman–Crippen LogP) is 7.41. The van der Waals surface area contributed by atoms with Crippen molar-refractivity contribution < 1.29 is 18.4 Å². The Hall–Kier alpha value is -4.19. The molecule has 4 aromatic rings. The van der Waals surface area contributed by atoms with E-state index in [2.05, 4.69) is 107 Å². The summed E-state index contributed by atoms with van der Waals surface area (Å²) in [4.78, 5) is 37.2. The van der Waals surface area contributed by atoms with E-state index < -0.39 is 17.3 Å². The highest BCUT2D eigenvalue weighted by Gasteiger charge is 2.41. The SMILES string of the molecule is O=C1C(CCCN(C2CCN(c3ccc4c(c3)[C@H](Cc3ccccc3)[C@@H](N3CCC3)CC4)C2=O)S(=O)[O-])CCN1c1ccc2c(c1)[C@H](Cc1ccccc1)[C@@H](N1CCC1)CC2. The number of aryl methyl sites for hydroxylation is 2. The van der Waals surface area contributed by atoms with Crippen LogP contribution in [0.15, 0.2) is 97.1 Å². The molecule has 4 aliphatic heterocycles. The Kier molecular flexibility index (Phi) is 12.0. The predicted molar refractivity (Wildman–Crippen MR) is 241 cm³/mol. The number of fused-ring (bicyclic) bond motifs is 2. The fraction of sp³-hybridized carbons (Fsp3) is 0.490. The molecule has 2 amide bonds. The molecule has 61 heavy (non-hydrogen) atoms. The zero-order valence-corrected chi connectivity index (χ0v) is 36.2. The molecule has 3 unspecified atom stereocenters. The van der Waals surface area contributed by atoms with E-state index in [0.717, 1.165) is 63.0 Å². The van der Waals surface area contributed by atoms with Crippen molar-refractivity contribution in [1.82, 2.24) is 14.1 Å². The zero-order valence-electron chi connectivity index (χ0n) is 35.4. The van der Waals surface area contributed by atoms with Gasteiger partial charge in [0.05, 0.1) is 0 Å². The number of benzene rings is 4. The summed E-state index contributed by atoms with van der Waals surface area (Å²) < 4.78 is 26.9. The van der Waals surface area contributed by atoms with Crippen molar-refractivity contribution in [3.05, 3.63) is 130 Å². The third-order valence-corrected chi connectivity index (χ3v) is 16.1. The summed E-state index contributed by atoms with van der Waals surface area (Å²) >= 11 is -2.56. The minimum atomic E-state index is -2.56. The minimum Gasteiger partial charge on any atom is -0.760 e. The van der Waals surface area contributed by atoms with Crippen molar-refractivity contribution in [3.8, 4) is 0 Å². The first-order chi connectivity index (χ1) is 29.9. The van der Waals surface area contributed by atoms with Crippen LogP contribution in [-0.2, 0) is 46.5 Å². The smallest absolute Gasteiger partial charge is 0.245 e. The number of hydrogen-bond acceptors (Lipinski definition) is 6. The highest BCUT2D eigenvalue weighted by atomic mass is 32.2. The Morgan fingerprint density at radius 1 is 0.607 bits per heavy atom. The first-order valence-electron chi connectivity index (χ1n) is 23.2. The number of anilines is 2. The molecule has 7 atom stereocenters. The van der Waals surface area contributed by atoms with Gasteiger partial charge in [0.15, 0.2) is 0 Å². The number of rotatable bonds is 14. The average molecular weight is 839 g/mol. The lowest BCUT2D eigenvalue weighted by Crippen LogP contribution is -2.50. The molecule has 9 nitrogen and oxygen atoms in total. The summed E-state index contributed by atoms with van der Waals surface area (Å²) in [6.07, 6.45) is 11.2. The van der Waals surface area contributed by atoms with Crippen molar-refractivity contribution in [2.45, 2.75) is 107 Å². The Bertz CT molecular complexity index is 2230. The van der Waals surface area contributed by atoms with Crippen molar-refractivity contribution in [1.29, 1.82) is 0 Å². The highest BCUT2D eigenvalue weighted by molar-refractivity contribution is 7.76. The Morgan fingerprint density at radius 3 is 1.61 bits per heavy atom. The van der Waals surface area contributed by atoms with Gasteiger partial charge in [0, 0.05) is 72.1 Å². The molecule has 10 rings (SSSR count). The first kappa shape index (κ1) is 40.9. The fourth-order valence-electron chi connectivity index (χ4n) is 11.8. The number of carbonyl (C=O) groups is 2. The van der Waals surface area contributed by atoms with Crippen molar-refractivity contribution in [2.75, 3.05) is 55.6 Å². The van der Waals surface area contributed by atoms with Crippen LogP contribution in [0.5, 0.6) is 0 Å². The van der Waals surface area contributed by atoms with E-state index in [1.165, 1.54) is 70.0 Å². The summed E-state index contributed by atoms with van der Waals surface area (Å²) in [7, 11) is 0. The molecule has 4 aromatic carbocycles. The summed E-state index contributed by atoms with van der Waals surface area (Å²) in [6.45, 7) is 6.02. The second-order valence-corrected chi connectivity index (χ2v) is 19.5. The number of likely N-dealkylation sites (tertiary alicyclic amines) is 2. The summed E-state index contributed by atoms with van der Waals surface area (Å²) in [5.74, 6) is 0.533. The maximum absolute atomic E-state index is 14.1. The van der Waals surface area contributed by atoms with Gasteiger partial charge in [0.2, 0.25) is 11.8 Å². The third-order valence-electron chi connectivity index (χ3n) is 15.3. The summed E-state index contributed by atoms with van der Waals surface area (Å²) in [6, 6.07) is 35.0. The lowest BCUT2D eigenvalue weighted by atomic mass is 9.74. The van der Waals surface area contributed by atoms with E-state index in [1.807, 2.05) is 9.80 Å². The van der Waals surface area contributed by atoms with Crippen molar-refractivity contribution in [2.24, 2.45) is 5.92 Å². The van der Waals surface area contributed by atoms with Gasteiger partial charge >= 0.3 is 0 Å². The monoisotopic (exact) mass is 838 g/mol. The van der Waals surface area contributed by atoms with Gasteiger partial charge in [-0.25, -0.2) is 4.31 Å². The van der Waals surface area contributed by atoms with Gasteiger partial charge in [0.1, 0.15) is 6.04 Å². The highest BCUT2D eigenvalue weighted by Crippen LogP contribution is 2.43. The number of hydrogen-bond donors (Lipinski definition) is 0. The second kappa shape index (κ2) is 17.9. The summed E-state index contributed by atoms with van der Waals surface area (Å²) in [5.41, 5.74) is 10.0. The molecule has 0 radical (unpaired) electrons. The number of amides is 2. The molecule has 0 spiro atoms. The molecule has 10 heteroatoms. The number of nitrogens with zero attached hydrogens (tertiary/aromatic N) is 5. The second-order valence-electron chi connectivity index (χ2n) is 18.6. The molecule has 4 saturated heterocycles. The molecule has 0 aromatic heterocycles. The van der Waals surface area contributed by atoms with Crippen LogP contribution >= 0.6 is 0 Å². The Labute approximate surface area is 364 Å². The van der Waals surface area contributed by atoms with Gasteiger partial charge in [-0.15, -0.1) is 0 Å². The van der Waals surface area contributed by atoms with Crippen LogP contribution in [0, 0.1) is 5.92 Å². The molecule has 4 fully saturated rings.